The molecule has 0 aromatic heterocycles. The molecule has 0 fully saturated rings. The molecule has 0 aromatic rings. The first-order valence-corrected chi connectivity index (χ1v) is 3.26. The van der Waals surface area contributed by atoms with Gasteiger partial charge in [0.05, 0.1) is 18.4 Å². The van der Waals surface area contributed by atoms with Crippen molar-refractivity contribution in [2.75, 3.05) is 0 Å². The molecular weight excluding hydrogens is 294 g/mol. The molecular formula is C6H8K2O9. The average molecular weight is 302 g/mol. The number of carbonyl (C=O) groups excluding carboxylic acids is 2. The maximum Gasteiger partial charge on any atom is 1.00 e. The van der Waals surface area contributed by atoms with E-state index in [1.54, 1.807) is 0 Å². The van der Waals surface area contributed by atoms with E-state index < -0.39 is 36.0 Å². The van der Waals surface area contributed by atoms with E-state index in [1.807, 2.05) is 0 Å². The predicted octanol–water partition coefficient (Wildman–Crippen LogP) is -11.8. The van der Waals surface area contributed by atoms with Crippen molar-refractivity contribution in [1.29, 1.82) is 0 Å². The van der Waals surface area contributed by atoms with Gasteiger partial charge in [-0.25, -0.2) is 0 Å². The quantitative estimate of drug-likeness (QED) is 0.417. The largest absolute Gasteiger partial charge is 1.00 e. The van der Waals surface area contributed by atoms with Crippen molar-refractivity contribution in [3.05, 3.63) is 0 Å². The molecule has 0 saturated carbocycles. The molecule has 0 aliphatic heterocycles. The van der Waals surface area contributed by atoms with E-state index in [0.717, 1.165) is 0 Å². The van der Waals surface area contributed by atoms with Crippen LogP contribution in [0, 0.1) is 0 Å². The van der Waals surface area contributed by atoms with Crippen LogP contribution in [0.15, 0.2) is 0 Å². The van der Waals surface area contributed by atoms with Crippen molar-refractivity contribution < 1.29 is 148 Å². The van der Waals surface area contributed by atoms with Crippen molar-refractivity contribution in [3.8, 4) is 0 Å². The minimum Gasteiger partial charge on any atom is -0.547 e. The molecule has 0 aromatic carbocycles. The Hall–Kier alpha value is 1.56. The third-order valence-corrected chi connectivity index (χ3v) is 1.45. The Morgan fingerprint density at radius 1 is 1.18 bits per heavy atom. The molecule has 0 rings (SSSR count). The van der Waals surface area contributed by atoms with Crippen molar-refractivity contribution in [2.45, 2.75) is 18.1 Å². The summed E-state index contributed by atoms with van der Waals surface area (Å²) in [4.78, 5) is 30.3. The molecule has 0 saturated heterocycles. The Balaban J connectivity index is -0.000000282. The molecule has 2 unspecified atom stereocenters. The van der Waals surface area contributed by atoms with Gasteiger partial charge in [-0.1, -0.05) is 0 Å². The van der Waals surface area contributed by atoms with Gasteiger partial charge in [-0.15, -0.1) is 0 Å². The van der Waals surface area contributed by atoms with Gasteiger partial charge in [0.1, 0.15) is 11.7 Å². The Labute approximate surface area is 180 Å². The van der Waals surface area contributed by atoms with Crippen molar-refractivity contribution in [2.24, 2.45) is 0 Å². The number of carboxylic acid groups (broad SMARTS) is 3. The normalized spacial score (nSPS) is 13.8. The first kappa shape index (κ1) is 27.0. The fourth-order valence-corrected chi connectivity index (χ4v) is 0.706. The number of carbonyl (C=O) groups is 3. The van der Waals surface area contributed by atoms with Crippen LogP contribution >= 0.6 is 0 Å². The van der Waals surface area contributed by atoms with Crippen molar-refractivity contribution in [1.82, 2.24) is 0 Å². The number of aliphatic hydroxyl groups is 2. The summed E-state index contributed by atoms with van der Waals surface area (Å²) in [6.45, 7) is 0. The zero-order valence-corrected chi connectivity index (χ0v) is 15.4. The van der Waals surface area contributed by atoms with E-state index in [4.69, 9.17) is 15.3 Å². The molecule has 0 radical (unpaired) electrons. The van der Waals surface area contributed by atoms with Crippen molar-refractivity contribution in [3.63, 3.8) is 0 Å². The molecule has 0 heterocycles. The summed E-state index contributed by atoms with van der Waals surface area (Å²) < 4.78 is 0. The van der Waals surface area contributed by atoms with Gasteiger partial charge in [-0.05, 0) is 0 Å². The molecule has 9 nitrogen and oxygen atoms in total. The fraction of sp³-hybridized carbons (Fsp3) is 0.500. The molecule has 0 spiro atoms. The van der Waals surface area contributed by atoms with E-state index >= 15 is 0 Å². The second-order valence-electron chi connectivity index (χ2n) is 2.50. The molecule has 0 aliphatic rings. The molecule has 17 heavy (non-hydrogen) atoms. The molecule has 0 aliphatic carbocycles. The maximum atomic E-state index is 10.2. The van der Waals surface area contributed by atoms with Crippen LogP contribution in [0.4, 0.5) is 0 Å². The number of hydrogen-bond donors (Lipinski definition) is 3. The van der Waals surface area contributed by atoms with Crippen LogP contribution in [0.3, 0.4) is 0 Å². The second kappa shape index (κ2) is 11.4. The van der Waals surface area contributed by atoms with Crippen molar-refractivity contribution >= 4 is 17.9 Å². The Morgan fingerprint density at radius 3 is 1.71 bits per heavy atom. The van der Waals surface area contributed by atoms with Crippen LogP contribution in [0.1, 0.15) is 6.42 Å². The Morgan fingerprint density at radius 2 is 1.53 bits per heavy atom. The molecule has 2 atom stereocenters. The minimum atomic E-state index is -3.40. The molecule has 0 amide bonds. The fourth-order valence-electron chi connectivity index (χ4n) is 0.706. The predicted molar refractivity (Wildman–Crippen MR) is 36.8 cm³/mol. The first-order valence-electron chi connectivity index (χ1n) is 3.26. The molecule has 11 heteroatoms. The van der Waals surface area contributed by atoms with Gasteiger partial charge in [-0.2, -0.15) is 0 Å². The van der Waals surface area contributed by atoms with Crippen LogP contribution in [0.25, 0.3) is 0 Å². The summed E-state index contributed by atoms with van der Waals surface area (Å²) in [7, 11) is 0. The number of rotatable bonds is 5. The number of carboxylic acids is 3. The number of aliphatic hydroxyl groups excluding tert-OH is 1. The van der Waals surface area contributed by atoms with Gasteiger partial charge in [0, 0.05) is 0 Å². The summed E-state index contributed by atoms with van der Waals surface area (Å²) in [5.41, 5.74) is -3.40. The van der Waals surface area contributed by atoms with E-state index in [-0.39, 0.29) is 108 Å². The number of hydrogen-bond acceptors (Lipinski definition) is 7. The summed E-state index contributed by atoms with van der Waals surface area (Å²) in [6, 6.07) is 0. The first-order chi connectivity index (χ1) is 6.21. The molecule has 88 valence electrons. The second-order valence-corrected chi connectivity index (χ2v) is 2.50. The van der Waals surface area contributed by atoms with Gasteiger partial charge in [0.15, 0.2) is 0 Å². The van der Waals surface area contributed by atoms with Crippen LogP contribution in [0.5, 0.6) is 0 Å². The van der Waals surface area contributed by atoms with Gasteiger partial charge < -0.3 is 40.6 Å². The van der Waals surface area contributed by atoms with Crippen LogP contribution in [-0.2, 0) is 14.4 Å². The maximum absolute atomic E-state index is 10.2. The molecule has 0 bridgehead atoms. The average Bonchev–Trinajstić information content (AvgIpc) is 2.00. The monoisotopic (exact) mass is 302 g/mol. The molecule has 5 N–H and O–H groups in total. The summed E-state index contributed by atoms with van der Waals surface area (Å²) in [5.74, 6) is -6.52. The van der Waals surface area contributed by atoms with E-state index in [2.05, 4.69) is 0 Å². The van der Waals surface area contributed by atoms with Crippen LogP contribution in [-0.4, -0.2) is 50.4 Å². The third-order valence-electron chi connectivity index (χ3n) is 1.45. The van der Waals surface area contributed by atoms with Gasteiger partial charge >= 0.3 is 109 Å². The topological polar surface area (TPSA) is 190 Å². The van der Waals surface area contributed by atoms with Crippen LogP contribution < -0.4 is 113 Å². The van der Waals surface area contributed by atoms with E-state index in [9.17, 15) is 24.6 Å². The van der Waals surface area contributed by atoms with Gasteiger partial charge in [0.25, 0.3) is 0 Å². The van der Waals surface area contributed by atoms with Gasteiger partial charge in [-0.3, -0.25) is 4.79 Å². The Bertz CT molecular complexity index is 281. The van der Waals surface area contributed by atoms with E-state index in [1.165, 1.54) is 0 Å². The Kier molecular flexibility index (Phi) is 18.1. The van der Waals surface area contributed by atoms with E-state index in [0.29, 0.717) is 0 Å². The van der Waals surface area contributed by atoms with Gasteiger partial charge in [0.2, 0.25) is 0 Å². The smallest absolute Gasteiger partial charge is 0.547 e. The summed E-state index contributed by atoms with van der Waals surface area (Å²) in [6.07, 6.45) is -4.38. The number of aliphatic carboxylic acids is 3. The summed E-state index contributed by atoms with van der Waals surface area (Å²) in [5, 5.41) is 46.1. The SMILES string of the molecule is O.O=C(O)CC(O)(C(=O)[O-])C(O)C(=O)[O-].[K+].[K+]. The standard InChI is InChI=1S/C6H8O8.2K.H2O/c7-2(8)1-6(14,5(12)13)3(9)4(10)11;;;/h3,9,14H,1H2,(H,7,8)(H,10,11)(H,12,13);;;1H2/q;2*+1;/p-2. The van der Waals surface area contributed by atoms with Crippen LogP contribution in [0.2, 0.25) is 0 Å². The summed E-state index contributed by atoms with van der Waals surface area (Å²) >= 11 is 0. The minimum absolute atomic E-state index is 0. The zero-order chi connectivity index (χ0) is 11.5. The third kappa shape index (κ3) is 8.36. The zero-order valence-electron chi connectivity index (χ0n) is 9.17.